The number of ether oxygens (including phenoxy) is 1. The molecule has 3 amide bonds. The molecule has 2 aromatic rings. The molecule has 0 radical (unpaired) electrons. The lowest BCUT2D eigenvalue weighted by molar-refractivity contribution is -0.153. The van der Waals surface area contributed by atoms with Crippen LogP contribution in [0.3, 0.4) is 0 Å². The fourth-order valence-electron chi connectivity index (χ4n) is 4.58. The summed E-state index contributed by atoms with van der Waals surface area (Å²) in [6, 6.07) is 6.83. The summed E-state index contributed by atoms with van der Waals surface area (Å²) >= 11 is 0. The lowest BCUT2D eigenvalue weighted by Gasteiger charge is -2.33. The SMILES string of the molecule is O=C1CCC(C(=O)N2CCC(c3nccn3CN3C(=O)c4ccccc4C3=O)CC2)O1. The van der Waals surface area contributed by atoms with Gasteiger partial charge in [0.25, 0.3) is 17.7 Å². The minimum absolute atomic E-state index is 0.110. The van der Waals surface area contributed by atoms with E-state index in [1.54, 1.807) is 41.6 Å². The number of aromatic nitrogens is 2. The maximum Gasteiger partial charge on any atom is 0.306 e. The summed E-state index contributed by atoms with van der Waals surface area (Å²) in [5.41, 5.74) is 0.849. The van der Waals surface area contributed by atoms with Crippen LogP contribution in [-0.2, 0) is 21.0 Å². The van der Waals surface area contributed by atoms with Crippen LogP contribution in [0.1, 0.15) is 58.1 Å². The van der Waals surface area contributed by atoms with Gasteiger partial charge in [-0.25, -0.2) is 4.98 Å². The number of imide groups is 1. The summed E-state index contributed by atoms with van der Waals surface area (Å²) in [4.78, 5) is 56.7. The smallest absolute Gasteiger partial charge is 0.306 e. The molecule has 2 fully saturated rings. The van der Waals surface area contributed by atoms with Crippen molar-refractivity contribution in [3.8, 4) is 0 Å². The van der Waals surface area contributed by atoms with Crippen LogP contribution in [0.25, 0.3) is 0 Å². The van der Waals surface area contributed by atoms with Gasteiger partial charge in [0.1, 0.15) is 12.5 Å². The first-order valence-corrected chi connectivity index (χ1v) is 10.5. The number of nitrogens with zero attached hydrogens (tertiary/aromatic N) is 4. The third kappa shape index (κ3) is 3.39. The van der Waals surface area contributed by atoms with Crippen molar-refractivity contribution in [1.82, 2.24) is 19.4 Å². The molecule has 5 rings (SSSR count). The van der Waals surface area contributed by atoms with E-state index in [0.29, 0.717) is 49.9 Å². The minimum atomic E-state index is -0.653. The first kappa shape index (κ1) is 19.5. The Morgan fingerprint density at radius 3 is 2.32 bits per heavy atom. The molecule has 9 heteroatoms. The highest BCUT2D eigenvalue weighted by Gasteiger charge is 2.37. The van der Waals surface area contributed by atoms with Crippen molar-refractivity contribution in [3.63, 3.8) is 0 Å². The summed E-state index contributed by atoms with van der Waals surface area (Å²) in [6.07, 6.45) is 4.96. The average Bonchev–Trinajstić information content (AvgIpc) is 3.50. The third-order valence-corrected chi connectivity index (χ3v) is 6.25. The molecular formula is C22H22N4O5. The predicted octanol–water partition coefficient (Wildman–Crippen LogP) is 1.55. The molecule has 0 bridgehead atoms. The number of carbonyl (C=O) groups excluding carboxylic acids is 4. The number of rotatable bonds is 4. The molecule has 1 aromatic heterocycles. The molecule has 160 valence electrons. The second-order valence-corrected chi connectivity index (χ2v) is 8.10. The molecule has 0 N–H and O–H groups in total. The van der Waals surface area contributed by atoms with Gasteiger partial charge in [0, 0.05) is 44.2 Å². The monoisotopic (exact) mass is 422 g/mol. The van der Waals surface area contributed by atoms with E-state index in [9.17, 15) is 19.2 Å². The first-order chi connectivity index (χ1) is 15.0. The van der Waals surface area contributed by atoms with Crippen LogP contribution in [0.5, 0.6) is 0 Å². The highest BCUT2D eigenvalue weighted by molar-refractivity contribution is 6.21. The van der Waals surface area contributed by atoms with Gasteiger partial charge in [-0.05, 0) is 25.0 Å². The zero-order chi connectivity index (χ0) is 21.5. The molecule has 0 saturated carbocycles. The van der Waals surface area contributed by atoms with Crippen LogP contribution in [0.15, 0.2) is 36.7 Å². The number of amides is 3. The summed E-state index contributed by atoms with van der Waals surface area (Å²) < 4.78 is 6.94. The van der Waals surface area contributed by atoms with E-state index in [4.69, 9.17) is 4.74 Å². The van der Waals surface area contributed by atoms with Crippen LogP contribution in [-0.4, -0.2) is 62.2 Å². The molecule has 0 aliphatic carbocycles. The minimum Gasteiger partial charge on any atom is -0.452 e. The predicted molar refractivity (Wildman–Crippen MR) is 107 cm³/mol. The first-order valence-electron chi connectivity index (χ1n) is 10.5. The standard InChI is InChI=1S/C22H22N4O5/c27-18-6-5-17(31-18)22(30)24-10-7-14(8-11-24)19-23-9-12-25(19)13-26-20(28)15-3-1-2-4-16(15)21(26)29/h1-4,9,12,14,17H,5-8,10-11,13H2. The van der Waals surface area contributed by atoms with Gasteiger partial charge in [0.15, 0.2) is 6.10 Å². The summed E-state index contributed by atoms with van der Waals surface area (Å²) in [5, 5.41) is 0. The van der Waals surface area contributed by atoms with Crippen LogP contribution < -0.4 is 0 Å². The lowest BCUT2D eigenvalue weighted by Crippen LogP contribution is -2.43. The Kier molecular flexibility index (Phi) is 4.80. The number of imidazole rings is 1. The van der Waals surface area contributed by atoms with E-state index in [2.05, 4.69) is 4.98 Å². The van der Waals surface area contributed by atoms with Crippen molar-refractivity contribution in [3.05, 3.63) is 53.6 Å². The van der Waals surface area contributed by atoms with Gasteiger partial charge in [-0.15, -0.1) is 0 Å². The Hall–Kier alpha value is -3.49. The fraction of sp³-hybridized carbons (Fsp3) is 0.409. The van der Waals surface area contributed by atoms with E-state index >= 15 is 0 Å². The zero-order valence-corrected chi connectivity index (χ0v) is 16.9. The molecule has 31 heavy (non-hydrogen) atoms. The molecule has 2 saturated heterocycles. The normalized spacial score (nSPS) is 21.5. The molecule has 3 aliphatic rings. The molecule has 9 nitrogen and oxygen atoms in total. The number of carbonyl (C=O) groups is 4. The number of likely N-dealkylation sites (tertiary alicyclic amines) is 1. The topological polar surface area (TPSA) is 102 Å². The Bertz CT molecular complexity index is 1030. The molecule has 0 spiro atoms. The van der Waals surface area contributed by atoms with Crippen LogP contribution in [0.2, 0.25) is 0 Å². The quantitative estimate of drug-likeness (QED) is 0.547. The van der Waals surface area contributed by atoms with Crippen molar-refractivity contribution in [2.45, 2.75) is 44.4 Å². The van der Waals surface area contributed by atoms with E-state index in [1.165, 1.54) is 4.90 Å². The van der Waals surface area contributed by atoms with Crippen LogP contribution in [0, 0.1) is 0 Å². The van der Waals surface area contributed by atoms with Gasteiger partial charge in [0.2, 0.25) is 0 Å². The molecule has 3 aliphatic heterocycles. The summed E-state index contributed by atoms with van der Waals surface area (Å²) in [7, 11) is 0. The van der Waals surface area contributed by atoms with Crippen molar-refractivity contribution in [1.29, 1.82) is 0 Å². The number of piperidine rings is 1. The molecule has 1 unspecified atom stereocenters. The number of fused-ring (bicyclic) bond motifs is 1. The van der Waals surface area contributed by atoms with Gasteiger partial charge in [-0.1, -0.05) is 12.1 Å². The highest BCUT2D eigenvalue weighted by atomic mass is 16.6. The summed E-state index contributed by atoms with van der Waals surface area (Å²) in [5.74, 6) is -0.128. The van der Waals surface area contributed by atoms with Crippen molar-refractivity contribution < 1.29 is 23.9 Å². The van der Waals surface area contributed by atoms with E-state index in [0.717, 1.165) is 5.82 Å². The number of esters is 1. The van der Waals surface area contributed by atoms with Gasteiger partial charge in [-0.2, -0.15) is 0 Å². The highest BCUT2D eigenvalue weighted by Crippen LogP contribution is 2.30. The van der Waals surface area contributed by atoms with E-state index < -0.39 is 6.10 Å². The third-order valence-electron chi connectivity index (χ3n) is 6.25. The second-order valence-electron chi connectivity index (χ2n) is 8.10. The number of benzene rings is 1. The van der Waals surface area contributed by atoms with Gasteiger partial charge < -0.3 is 14.2 Å². The van der Waals surface area contributed by atoms with Gasteiger partial charge in [0.05, 0.1) is 11.1 Å². The van der Waals surface area contributed by atoms with Gasteiger partial charge in [-0.3, -0.25) is 24.1 Å². The summed E-state index contributed by atoms with van der Waals surface area (Å²) in [6.45, 7) is 1.22. The van der Waals surface area contributed by atoms with Crippen molar-refractivity contribution in [2.24, 2.45) is 0 Å². The van der Waals surface area contributed by atoms with Crippen LogP contribution >= 0.6 is 0 Å². The Balaban J connectivity index is 1.25. The molecular weight excluding hydrogens is 400 g/mol. The fourth-order valence-corrected chi connectivity index (χ4v) is 4.58. The maximum absolute atomic E-state index is 12.7. The second kappa shape index (κ2) is 7.64. The van der Waals surface area contributed by atoms with Gasteiger partial charge >= 0.3 is 5.97 Å². The van der Waals surface area contributed by atoms with Crippen molar-refractivity contribution in [2.75, 3.05) is 13.1 Å². The van der Waals surface area contributed by atoms with E-state index in [1.807, 2.05) is 4.57 Å². The average molecular weight is 422 g/mol. The Labute approximate surface area is 178 Å². The Morgan fingerprint density at radius 2 is 1.71 bits per heavy atom. The molecule has 4 heterocycles. The zero-order valence-electron chi connectivity index (χ0n) is 16.9. The number of cyclic esters (lactones) is 1. The lowest BCUT2D eigenvalue weighted by atomic mass is 9.95. The maximum atomic E-state index is 12.7. The molecule has 1 atom stereocenters. The molecule has 1 aromatic carbocycles. The van der Waals surface area contributed by atoms with Crippen LogP contribution in [0.4, 0.5) is 0 Å². The van der Waals surface area contributed by atoms with E-state index in [-0.39, 0.29) is 36.3 Å². The number of hydrogen-bond acceptors (Lipinski definition) is 6. The Morgan fingerprint density at radius 1 is 1.03 bits per heavy atom. The number of hydrogen-bond donors (Lipinski definition) is 0. The van der Waals surface area contributed by atoms with Crippen molar-refractivity contribution >= 4 is 23.7 Å². The largest absolute Gasteiger partial charge is 0.452 e.